The quantitative estimate of drug-likeness (QED) is 0.701. The van der Waals surface area contributed by atoms with E-state index in [1.54, 1.807) is 0 Å². The first kappa shape index (κ1) is 10.7. The molecule has 0 atom stereocenters. The number of Topliss-reactive ketones (excluding diaryl/α,β-unsaturated/α-hetero) is 1. The summed E-state index contributed by atoms with van der Waals surface area (Å²) in [5.41, 5.74) is 5.84. The fraction of sp³-hybridized carbons (Fsp3) is 0.900. The summed E-state index contributed by atoms with van der Waals surface area (Å²) in [7, 11) is 0. The highest BCUT2D eigenvalue weighted by Gasteiger charge is 2.31. The molecule has 1 rings (SSSR count). The number of nitrogens with two attached hydrogens (primary N) is 1. The van der Waals surface area contributed by atoms with E-state index in [4.69, 9.17) is 10.5 Å². The number of rotatable bonds is 5. The Balaban J connectivity index is 2.26. The van der Waals surface area contributed by atoms with E-state index in [1.807, 2.05) is 6.92 Å². The fourth-order valence-electron chi connectivity index (χ4n) is 1.92. The van der Waals surface area contributed by atoms with E-state index in [2.05, 4.69) is 0 Å². The molecule has 2 N–H and O–H groups in total. The van der Waals surface area contributed by atoms with Crippen LogP contribution in [-0.4, -0.2) is 24.5 Å². The molecule has 3 heteroatoms. The molecule has 0 aromatic rings. The van der Waals surface area contributed by atoms with Gasteiger partial charge in [0.1, 0.15) is 6.61 Å². The number of carbonyl (C=O) groups excluding carboxylic acids is 1. The Kier molecular flexibility index (Phi) is 3.88. The lowest BCUT2D eigenvalue weighted by molar-refractivity contribution is -0.124. The maximum absolute atomic E-state index is 11.4. The summed E-state index contributed by atoms with van der Waals surface area (Å²) in [6, 6.07) is 0. The van der Waals surface area contributed by atoms with Gasteiger partial charge in [0.05, 0.1) is 0 Å². The molecule has 76 valence electrons. The van der Waals surface area contributed by atoms with Crippen LogP contribution in [0.25, 0.3) is 0 Å². The lowest BCUT2D eigenvalue weighted by atomic mass is 9.92. The predicted octanol–water partition coefficient (Wildman–Crippen LogP) is 1.25. The van der Waals surface area contributed by atoms with Gasteiger partial charge in [-0.3, -0.25) is 4.79 Å². The van der Waals surface area contributed by atoms with Gasteiger partial charge in [-0.25, -0.2) is 0 Å². The van der Waals surface area contributed by atoms with Gasteiger partial charge in [0.25, 0.3) is 0 Å². The Morgan fingerprint density at radius 3 is 2.62 bits per heavy atom. The topological polar surface area (TPSA) is 52.3 Å². The lowest BCUT2D eigenvalue weighted by Gasteiger charge is -2.22. The number of hydrogen-bond donors (Lipinski definition) is 1. The van der Waals surface area contributed by atoms with Crippen LogP contribution in [0.2, 0.25) is 0 Å². The van der Waals surface area contributed by atoms with E-state index in [0.29, 0.717) is 13.0 Å². The van der Waals surface area contributed by atoms with Gasteiger partial charge < -0.3 is 10.5 Å². The van der Waals surface area contributed by atoms with Gasteiger partial charge in [-0.1, -0.05) is 12.8 Å². The van der Waals surface area contributed by atoms with E-state index in [9.17, 15) is 4.79 Å². The molecule has 1 aliphatic carbocycles. The number of ether oxygens (including phenoxy) is 1. The molecular formula is C10H19NO2. The summed E-state index contributed by atoms with van der Waals surface area (Å²) in [5.74, 6) is 0.145. The zero-order chi connectivity index (χ0) is 9.73. The monoisotopic (exact) mass is 185 g/mol. The molecule has 0 radical (unpaired) electrons. The smallest absolute Gasteiger partial charge is 0.160 e. The first-order chi connectivity index (χ1) is 6.16. The average molecular weight is 185 g/mol. The molecule has 1 aliphatic rings. The number of carbonyl (C=O) groups is 1. The van der Waals surface area contributed by atoms with Crippen molar-refractivity contribution in [1.29, 1.82) is 0 Å². The van der Waals surface area contributed by atoms with Gasteiger partial charge in [0.15, 0.2) is 5.78 Å². The molecule has 0 spiro atoms. The van der Waals surface area contributed by atoms with Crippen molar-refractivity contribution >= 4 is 5.78 Å². The van der Waals surface area contributed by atoms with Gasteiger partial charge in [0, 0.05) is 18.6 Å². The van der Waals surface area contributed by atoms with Crippen molar-refractivity contribution in [1.82, 2.24) is 0 Å². The Bertz CT molecular complexity index is 174. The average Bonchev–Trinajstić information content (AvgIpc) is 2.48. The van der Waals surface area contributed by atoms with Crippen LogP contribution in [0.3, 0.4) is 0 Å². The van der Waals surface area contributed by atoms with E-state index in [0.717, 1.165) is 12.8 Å². The molecule has 0 heterocycles. The first-order valence-corrected chi connectivity index (χ1v) is 5.05. The Morgan fingerprint density at radius 1 is 1.46 bits per heavy atom. The zero-order valence-corrected chi connectivity index (χ0v) is 8.34. The van der Waals surface area contributed by atoms with E-state index in [1.165, 1.54) is 12.8 Å². The minimum Gasteiger partial charge on any atom is -0.374 e. The van der Waals surface area contributed by atoms with Gasteiger partial charge in [-0.15, -0.1) is 0 Å². The Labute approximate surface area is 79.6 Å². The maximum Gasteiger partial charge on any atom is 0.160 e. The van der Waals surface area contributed by atoms with Gasteiger partial charge in [-0.2, -0.15) is 0 Å². The van der Waals surface area contributed by atoms with Crippen molar-refractivity contribution in [3.63, 3.8) is 0 Å². The van der Waals surface area contributed by atoms with Crippen LogP contribution < -0.4 is 5.73 Å². The third-order valence-electron chi connectivity index (χ3n) is 2.62. The minimum atomic E-state index is -0.214. The Morgan fingerprint density at radius 2 is 2.08 bits per heavy atom. The van der Waals surface area contributed by atoms with Crippen molar-refractivity contribution in [2.45, 2.75) is 44.6 Å². The van der Waals surface area contributed by atoms with Crippen molar-refractivity contribution in [2.24, 2.45) is 5.73 Å². The van der Waals surface area contributed by atoms with Crippen molar-refractivity contribution in [3.8, 4) is 0 Å². The van der Waals surface area contributed by atoms with Crippen LogP contribution >= 0.6 is 0 Å². The summed E-state index contributed by atoms with van der Waals surface area (Å²) >= 11 is 0. The molecule has 0 aromatic heterocycles. The molecule has 0 amide bonds. The molecule has 0 aliphatic heterocycles. The molecule has 3 nitrogen and oxygen atoms in total. The molecule has 1 fully saturated rings. The predicted molar refractivity (Wildman–Crippen MR) is 51.5 cm³/mol. The maximum atomic E-state index is 11.4. The second-order valence-electron chi connectivity index (χ2n) is 3.92. The van der Waals surface area contributed by atoms with E-state index < -0.39 is 0 Å². The van der Waals surface area contributed by atoms with Gasteiger partial charge in [-0.05, 0) is 19.8 Å². The van der Waals surface area contributed by atoms with Crippen LogP contribution in [-0.2, 0) is 9.53 Å². The van der Waals surface area contributed by atoms with Crippen molar-refractivity contribution < 1.29 is 9.53 Å². The molecule has 0 aromatic carbocycles. The molecule has 0 bridgehead atoms. The lowest BCUT2D eigenvalue weighted by Crippen LogP contribution is -2.39. The molecule has 0 saturated heterocycles. The van der Waals surface area contributed by atoms with Crippen molar-refractivity contribution in [2.75, 3.05) is 13.2 Å². The van der Waals surface area contributed by atoms with Gasteiger partial charge >= 0.3 is 0 Å². The van der Waals surface area contributed by atoms with Crippen LogP contribution in [0.15, 0.2) is 0 Å². The summed E-state index contributed by atoms with van der Waals surface area (Å²) in [6.45, 7) is 2.72. The minimum absolute atomic E-state index is 0.145. The normalized spacial score (nSPS) is 20.5. The SMILES string of the molecule is CCOCC(=O)CC1(N)CCCC1. The summed E-state index contributed by atoms with van der Waals surface area (Å²) < 4.78 is 5.05. The highest BCUT2D eigenvalue weighted by Crippen LogP contribution is 2.30. The number of hydrogen-bond acceptors (Lipinski definition) is 3. The standard InChI is InChI=1S/C10H19NO2/c1-2-13-8-9(12)7-10(11)5-3-4-6-10/h2-8,11H2,1H3. The molecular weight excluding hydrogens is 166 g/mol. The summed E-state index contributed by atoms with van der Waals surface area (Å²) in [6.07, 6.45) is 4.81. The van der Waals surface area contributed by atoms with Crippen LogP contribution in [0.5, 0.6) is 0 Å². The van der Waals surface area contributed by atoms with E-state index in [-0.39, 0.29) is 17.9 Å². The summed E-state index contributed by atoms with van der Waals surface area (Å²) in [4.78, 5) is 11.4. The molecule has 1 saturated carbocycles. The van der Waals surface area contributed by atoms with Gasteiger partial charge in [0.2, 0.25) is 0 Å². The summed E-state index contributed by atoms with van der Waals surface area (Å²) in [5, 5.41) is 0. The van der Waals surface area contributed by atoms with Crippen molar-refractivity contribution in [3.05, 3.63) is 0 Å². The zero-order valence-electron chi connectivity index (χ0n) is 8.34. The molecule has 0 unspecified atom stereocenters. The largest absolute Gasteiger partial charge is 0.374 e. The second-order valence-corrected chi connectivity index (χ2v) is 3.92. The number of ketones is 1. The first-order valence-electron chi connectivity index (χ1n) is 5.05. The fourth-order valence-corrected chi connectivity index (χ4v) is 1.92. The van der Waals surface area contributed by atoms with Crippen LogP contribution in [0, 0.1) is 0 Å². The second kappa shape index (κ2) is 4.72. The Hall–Kier alpha value is -0.410. The van der Waals surface area contributed by atoms with Crippen LogP contribution in [0.4, 0.5) is 0 Å². The van der Waals surface area contributed by atoms with E-state index >= 15 is 0 Å². The third-order valence-corrected chi connectivity index (χ3v) is 2.62. The highest BCUT2D eigenvalue weighted by molar-refractivity contribution is 5.80. The third kappa shape index (κ3) is 3.44. The van der Waals surface area contributed by atoms with Crippen LogP contribution in [0.1, 0.15) is 39.0 Å². The highest BCUT2D eigenvalue weighted by atomic mass is 16.5. The molecule has 13 heavy (non-hydrogen) atoms.